The van der Waals surface area contributed by atoms with Gasteiger partial charge in [0.25, 0.3) is 0 Å². The lowest BCUT2D eigenvalue weighted by atomic mass is 10.0. The van der Waals surface area contributed by atoms with Crippen molar-refractivity contribution in [3.8, 4) is 0 Å². The summed E-state index contributed by atoms with van der Waals surface area (Å²) in [5.41, 5.74) is 1.73. The number of nitrogens with one attached hydrogen (secondary N) is 1. The number of Topliss-reactive ketones (excluding diaryl/α,β-unsaturated/α-hetero) is 1. The molecule has 0 aromatic heterocycles. The number of carbonyl (C=O) groups excluding carboxylic acids is 1. The highest BCUT2D eigenvalue weighted by atomic mass is 35.5. The Labute approximate surface area is 157 Å². The first-order chi connectivity index (χ1) is 12.6. The highest BCUT2D eigenvalue weighted by molar-refractivity contribution is 6.30. The SMILES string of the molecule is CC(=O)c1c(F)cccc1NCC(c1ccc(Cl)cc1)N1CCOCC1. The predicted octanol–water partition coefficient (Wildman–Crippen LogP) is 4.17. The summed E-state index contributed by atoms with van der Waals surface area (Å²) < 4.78 is 19.5. The highest BCUT2D eigenvalue weighted by Crippen LogP contribution is 2.26. The van der Waals surface area contributed by atoms with E-state index in [1.807, 2.05) is 24.3 Å². The summed E-state index contributed by atoms with van der Waals surface area (Å²) in [6.45, 7) is 4.93. The molecule has 2 aromatic rings. The van der Waals surface area contributed by atoms with E-state index in [9.17, 15) is 9.18 Å². The van der Waals surface area contributed by atoms with Gasteiger partial charge in [0.1, 0.15) is 5.82 Å². The number of nitrogens with zero attached hydrogens (tertiary/aromatic N) is 1. The minimum absolute atomic E-state index is 0.0687. The Kier molecular flexibility index (Phi) is 6.25. The van der Waals surface area contributed by atoms with Crippen molar-refractivity contribution in [3.05, 3.63) is 64.4 Å². The zero-order chi connectivity index (χ0) is 18.5. The molecule has 0 radical (unpaired) electrons. The average molecular weight is 377 g/mol. The Bertz CT molecular complexity index is 761. The van der Waals surface area contributed by atoms with E-state index >= 15 is 0 Å². The zero-order valence-electron chi connectivity index (χ0n) is 14.7. The standard InChI is InChI=1S/C20H22ClFN2O2/c1-14(25)20-17(22)3-2-4-18(20)23-13-19(24-9-11-26-12-10-24)15-5-7-16(21)8-6-15/h2-8,19,23H,9-13H2,1H3. The molecule has 1 aliphatic heterocycles. The number of hydrogen-bond acceptors (Lipinski definition) is 4. The minimum Gasteiger partial charge on any atom is -0.382 e. The summed E-state index contributed by atoms with van der Waals surface area (Å²) in [6, 6.07) is 12.5. The highest BCUT2D eigenvalue weighted by Gasteiger charge is 2.23. The number of ketones is 1. The molecule has 0 bridgehead atoms. The smallest absolute Gasteiger partial charge is 0.164 e. The lowest BCUT2D eigenvalue weighted by Crippen LogP contribution is -2.41. The normalized spacial score (nSPS) is 16.3. The molecule has 6 heteroatoms. The fraction of sp³-hybridized carbons (Fsp3) is 0.350. The molecular formula is C20H22ClFN2O2. The van der Waals surface area contributed by atoms with Gasteiger partial charge in [-0.25, -0.2) is 4.39 Å². The Morgan fingerprint density at radius 2 is 1.92 bits per heavy atom. The van der Waals surface area contributed by atoms with Crippen LogP contribution >= 0.6 is 11.6 Å². The largest absolute Gasteiger partial charge is 0.382 e. The van der Waals surface area contributed by atoms with Crippen LogP contribution in [0.2, 0.25) is 5.02 Å². The van der Waals surface area contributed by atoms with Crippen LogP contribution in [0.5, 0.6) is 0 Å². The number of carbonyl (C=O) groups is 1. The molecule has 1 N–H and O–H groups in total. The second-order valence-corrected chi connectivity index (χ2v) is 6.75. The first kappa shape index (κ1) is 18.8. The van der Waals surface area contributed by atoms with Gasteiger partial charge in [-0.2, -0.15) is 0 Å². The van der Waals surface area contributed by atoms with Crippen LogP contribution in [0, 0.1) is 5.82 Å². The summed E-state index contributed by atoms with van der Waals surface area (Å²) in [5, 5.41) is 3.96. The predicted molar refractivity (Wildman–Crippen MR) is 101 cm³/mol. The van der Waals surface area contributed by atoms with E-state index in [0.717, 1.165) is 18.7 Å². The van der Waals surface area contributed by atoms with E-state index in [-0.39, 0.29) is 17.4 Å². The van der Waals surface area contributed by atoms with Gasteiger partial charge < -0.3 is 10.1 Å². The summed E-state index contributed by atoms with van der Waals surface area (Å²) in [4.78, 5) is 14.1. The average Bonchev–Trinajstić information content (AvgIpc) is 2.64. The third-order valence-electron chi connectivity index (χ3n) is 4.59. The molecule has 0 aliphatic carbocycles. The third kappa shape index (κ3) is 4.41. The molecular weight excluding hydrogens is 355 g/mol. The molecule has 3 rings (SSSR count). The molecule has 1 aliphatic rings. The van der Waals surface area contributed by atoms with Crippen LogP contribution < -0.4 is 5.32 Å². The molecule has 1 atom stereocenters. The Morgan fingerprint density at radius 3 is 2.58 bits per heavy atom. The Balaban J connectivity index is 1.83. The van der Waals surface area contributed by atoms with Gasteiger partial charge in [-0.15, -0.1) is 0 Å². The van der Waals surface area contributed by atoms with Crippen LogP contribution in [-0.2, 0) is 4.74 Å². The van der Waals surface area contributed by atoms with Gasteiger partial charge >= 0.3 is 0 Å². The number of anilines is 1. The molecule has 0 spiro atoms. The van der Waals surface area contributed by atoms with Gasteiger partial charge in [-0.3, -0.25) is 9.69 Å². The van der Waals surface area contributed by atoms with Crippen molar-refractivity contribution in [2.24, 2.45) is 0 Å². The molecule has 1 unspecified atom stereocenters. The van der Waals surface area contributed by atoms with E-state index < -0.39 is 5.82 Å². The van der Waals surface area contributed by atoms with Crippen molar-refractivity contribution in [2.75, 3.05) is 38.2 Å². The Hall–Kier alpha value is -1.95. The summed E-state index contributed by atoms with van der Waals surface area (Å²) in [7, 11) is 0. The van der Waals surface area contributed by atoms with Crippen molar-refractivity contribution >= 4 is 23.1 Å². The van der Waals surface area contributed by atoms with Gasteiger partial charge in [0.15, 0.2) is 5.78 Å². The molecule has 2 aromatic carbocycles. The number of hydrogen-bond donors (Lipinski definition) is 1. The lowest BCUT2D eigenvalue weighted by molar-refractivity contribution is 0.0187. The summed E-state index contributed by atoms with van der Waals surface area (Å²) >= 11 is 6.02. The number of ether oxygens (including phenoxy) is 1. The molecule has 138 valence electrons. The number of benzene rings is 2. The molecule has 1 saturated heterocycles. The van der Waals surface area contributed by atoms with Crippen LogP contribution in [0.3, 0.4) is 0 Å². The fourth-order valence-corrected chi connectivity index (χ4v) is 3.39. The Morgan fingerprint density at radius 1 is 1.23 bits per heavy atom. The minimum atomic E-state index is -0.503. The van der Waals surface area contributed by atoms with E-state index in [1.54, 1.807) is 12.1 Å². The van der Waals surface area contributed by atoms with Gasteiger partial charge in [-0.05, 0) is 36.8 Å². The zero-order valence-corrected chi connectivity index (χ0v) is 15.4. The monoisotopic (exact) mass is 376 g/mol. The van der Waals surface area contributed by atoms with E-state index in [4.69, 9.17) is 16.3 Å². The molecule has 0 saturated carbocycles. The fourth-order valence-electron chi connectivity index (χ4n) is 3.27. The van der Waals surface area contributed by atoms with Crippen molar-refractivity contribution in [1.82, 2.24) is 4.90 Å². The molecule has 0 amide bonds. The first-order valence-corrected chi connectivity index (χ1v) is 9.04. The summed E-state index contributed by atoms with van der Waals surface area (Å²) in [5.74, 6) is -0.795. The van der Waals surface area contributed by atoms with Crippen molar-refractivity contribution in [1.29, 1.82) is 0 Å². The van der Waals surface area contributed by atoms with Crippen LogP contribution in [0.25, 0.3) is 0 Å². The van der Waals surface area contributed by atoms with E-state index in [0.29, 0.717) is 30.5 Å². The quantitative estimate of drug-likeness (QED) is 0.768. The number of rotatable bonds is 6. The van der Waals surface area contributed by atoms with E-state index in [1.165, 1.54) is 13.0 Å². The maximum absolute atomic E-state index is 14.0. The van der Waals surface area contributed by atoms with E-state index in [2.05, 4.69) is 10.2 Å². The van der Waals surface area contributed by atoms with Gasteiger partial charge in [0.05, 0.1) is 24.8 Å². The van der Waals surface area contributed by atoms with Crippen LogP contribution in [0.1, 0.15) is 28.9 Å². The molecule has 4 nitrogen and oxygen atoms in total. The van der Waals surface area contributed by atoms with Crippen LogP contribution in [0.15, 0.2) is 42.5 Å². The lowest BCUT2D eigenvalue weighted by Gasteiger charge is -2.35. The van der Waals surface area contributed by atoms with Crippen molar-refractivity contribution in [2.45, 2.75) is 13.0 Å². The second-order valence-electron chi connectivity index (χ2n) is 6.32. The number of morpholine rings is 1. The number of halogens is 2. The van der Waals surface area contributed by atoms with Gasteiger partial charge in [-0.1, -0.05) is 29.8 Å². The van der Waals surface area contributed by atoms with Crippen LogP contribution in [-0.4, -0.2) is 43.5 Å². The maximum atomic E-state index is 14.0. The van der Waals surface area contributed by atoms with Gasteiger partial charge in [0.2, 0.25) is 0 Å². The first-order valence-electron chi connectivity index (χ1n) is 8.67. The van der Waals surface area contributed by atoms with Crippen LogP contribution in [0.4, 0.5) is 10.1 Å². The van der Waals surface area contributed by atoms with Crippen molar-refractivity contribution < 1.29 is 13.9 Å². The third-order valence-corrected chi connectivity index (χ3v) is 4.84. The topological polar surface area (TPSA) is 41.6 Å². The summed E-state index contributed by atoms with van der Waals surface area (Å²) in [6.07, 6.45) is 0. The molecule has 26 heavy (non-hydrogen) atoms. The van der Waals surface area contributed by atoms with Crippen molar-refractivity contribution in [3.63, 3.8) is 0 Å². The van der Waals surface area contributed by atoms with Gasteiger partial charge in [0, 0.05) is 30.3 Å². The molecule has 1 heterocycles. The molecule has 1 fully saturated rings. The maximum Gasteiger partial charge on any atom is 0.164 e. The second kappa shape index (κ2) is 8.62.